The lowest BCUT2D eigenvalue weighted by Gasteiger charge is -2.18. The lowest BCUT2D eigenvalue weighted by atomic mass is 10.1. The molecule has 0 radical (unpaired) electrons. The minimum Gasteiger partial charge on any atom is -0.343 e. The molecule has 0 heterocycles. The van der Waals surface area contributed by atoms with Crippen LogP contribution in [-0.4, -0.2) is 35.2 Å². The second kappa shape index (κ2) is 8.57. The summed E-state index contributed by atoms with van der Waals surface area (Å²) in [6.07, 6.45) is 0. The molecule has 0 unspecified atom stereocenters. The summed E-state index contributed by atoms with van der Waals surface area (Å²) in [6.45, 7) is 1.81. The van der Waals surface area contributed by atoms with Gasteiger partial charge in [-0.15, -0.1) is 0 Å². The molecule has 2 aromatic carbocycles. The fourth-order valence-electron chi connectivity index (χ4n) is 2.36. The maximum Gasteiger partial charge on any atom is 0.272 e. The van der Waals surface area contributed by atoms with Crippen LogP contribution < -0.4 is 5.32 Å². The van der Waals surface area contributed by atoms with Gasteiger partial charge in [0.25, 0.3) is 11.6 Å². The molecule has 0 aliphatic carbocycles. The molecule has 2 aromatic rings. The molecule has 2 amide bonds. The monoisotopic (exact) mass is 419 g/mol. The fourth-order valence-corrected chi connectivity index (χ4v) is 2.77. The third-order valence-electron chi connectivity index (χ3n) is 3.85. The molecule has 0 spiro atoms. The van der Waals surface area contributed by atoms with Crippen LogP contribution in [0.5, 0.6) is 0 Å². The minimum atomic E-state index is -0.503. The molecule has 2 rings (SSSR count). The van der Waals surface area contributed by atoms with Gasteiger partial charge in [0, 0.05) is 35.3 Å². The molecule has 8 heteroatoms. The number of likely N-dealkylation sites (N-methyl/N-ethyl adjacent to an activating group) is 1. The van der Waals surface area contributed by atoms with Crippen molar-refractivity contribution in [2.24, 2.45) is 0 Å². The number of nitrogens with one attached hydrogen (secondary N) is 1. The first-order valence-corrected chi connectivity index (χ1v) is 8.59. The molecule has 0 saturated heterocycles. The fraction of sp³-hybridized carbons (Fsp3) is 0.222. The van der Waals surface area contributed by atoms with Crippen LogP contribution in [0.4, 0.5) is 5.69 Å². The number of carbonyl (C=O) groups is 2. The third kappa shape index (κ3) is 4.89. The van der Waals surface area contributed by atoms with Gasteiger partial charge in [0.2, 0.25) is 5.91 Å². The van der Waals surface area contributed by atoms with Gasteiger partial charge in [0.1, 0.15) is 0 Å². The van der Waals surface area contributed by atoms with Gasteiger partial charge in [-0.05, 0) is 30.7 Å². The first-order chi connectivity index (χ1) is 12.3. The van der Waals surface area contributed by atoms with Gasteiger partial charge >= 0.3 is 0 Å². The minimum absolute atomic E-state index is 0.0502. The van der Waals surface area contributed by atoms with Crippen molar-refractivity contribution in [3.05, 3.63) is 73.7 Å². The van der Waals surface area contributed by atoms with Crippen molar-refractivity contribution in [2.45, 2.75) is 13.5 Å². The zero-order valence-electron chi connectivity index (χ0n) is 14.4. The molecule has 0 bridgehead atoms. The summed E-state index contributed by atoms with van der Waals surface area (Å²) in [5, 5.41) is 13.4. The second-order valence-electron chi connectivity index (χ2n) is 5.78. The summed E-state index contributed by atoms with van der Waals surface area (Å²) in [7, 11) is 1.66. The Morgan fingerprint density at radius 3 is 2.54 bits per heavy atom. The van der Waals surface area contributed by atoms with Crippen LogP contribution in [0.15, 0.2) is 46.9 Å². The Balaban J connectivity index is 1.94. The number of hydrogen-bond acceptors (Lipinski definition) is 4. The van der Waals surface area contributed by atoms with E-state index >= 15 is 0 Å². The first kappa shape index (κ1) is 19.6. The van der Waals surface area contributed by atoms with Crippen molar-refractivity contribution in [2.75, 3.05) is 13.6 Å². The topological polar surface area (TPSA) is 92.6 Å². The normalized spacial score (nSPS) is 10.3. The van der Waals surface area contributed by atoms with Crippen LogP contribution in [0.3, 0.4) is 0 Å². The standard InChI is InChI=1S/C18H18BrN3O4/c1-12-9-13(7-8-16(12)22(25)26)18(24)20-10-17(23)21(2)11-14-5-3-4-6-15(14)19/h3-9H,10-11H2,1-2H3,(H,20,24). The molecule has 0 aliphatic rings. The van der Waals surface area contributed by atoms with Crippen LogP contribution in [0, 0.1) is 17.0 Å². The average molecular weight is 420 g/mol. The van der Waals surface area contributed by atoms with E-state index in [0.29, 0.717) is 12.1 Å². The van der Waals surface area contributed by atoms with E-state index in [1.807, 2.05) is 24.3 Å². The number of hydrogen-bond donors (Lipinski definition) is 1. The van der Waals surface area contributed by atoms with Crippen molar-refractivity contribution in [1.82, 2.24) is 10.2 Å². The Hall–Kier alpha value is -2.74. The maximum absolute atomic E-state index is 12.2. The van der Waals surface area contributed by atoms with Gasteiger partial charge in [-0.25, -0.2) is 0 Å². The number of nitrogens with zero attached hydrogens (tertiary/aromatic N) is 2. The molecule has 0 atom stereocenters. The third-order valence-corrected chi connectivity index (χ3v) is 4.62. The van der Waals surface area contributed by atoms with Gasteiger partial charge in [0.05, 0.1) is 11.5 Å². The summed E-state index contributed by atoms with van der Waals surface area (Å²) in [5.74, 6) is -0.696. The zero-order chi connectivity index (χ0) is 19.3. The van der Waals surface area contributed by atoms with Crippen molar-refractivity contribution >= 4 is 33.4 Å². The number of carbonyl (C=O) groups excluding carboxylic acids is 2. The van der Waals surface area contributed by atoms with Crippen molar-refractivity contribution in [3.8, 4) is 0 Å². The molecule has 0 saturated carbocycles. The van der Waals surface area contributed by atoms with Crippen LogP contribution in [-0.2, 0) is 11.3 Å². The largest absolute Gasteiger partial charge is 0.343 e. The highest BCUT2D eigenvalue weighted by Crippen LogP contribution is 2.19. The average Bonchev–Trinajstić information content (AvgIpc) is 2.60. The van der Waals surface area contributed by atoms with E-state index in [9.17, 15) is 19.7 Å². The molecular formula is C18H18BrN3O4. The maximum atomic E-state index is 12.2. The van der Waals surface area contributed by atoms with Crippen LogP contribution in [0.1, 0.15) is 21.5 Å². The molecule has 0 aromatic heterocycles. The molecular weight excluding hydrogens is 402 g/mol. The van der Waals surface area contributed by atoms with Crippen molar-refractivity contribution < 1.29 is 14.5 Å². The Labute approximate surface area is 159 Å². The molecule has 26 heavy (non-hydrogen) atoms. The predicted molar refractivity (Wildman–Crippen MR) is 101 cm³/mol. The quantitative estimate of drug-likeness (QED) is 0.574. The molecule has 0 aliphatic heterocycles. The van der Waals surface area contributed by atoms with Crippen LogP contribution in [0.2, 0.25) is 0 Å². The van der Waals surface area contributed by atoms with Crippen LogP contribution in [0.25, 0.3) is 0 Å². The van der Waals surface area contributed by atoms with Gasteiger partial charge in [0.15, 0.2) is 0 Å². The van der Waals surface area contributed by atoms with Crippen LogP contribution >= 0.6 is 15.9 Å². The van der Waals surface area contributed by atoms with Crippen molar-refractivity contribution in [1.29, 1.82) is 0 Å². The van der Waals surface area contributed by atoms with E-state index in [2.05, 4.69) is 21.2 Å². The van der Waals surface area contributed by atoms with Gasteiger partial charge in [-0.2, -0.15) is 0 Å². The highest BCUT2D eigenvalue weighted by Gasteiger charge is 2.16. The van der Waals surface area contributed by atoms with Crippen molar-refractivity contribution in [3.63, 3.8) is 0 Å². The summed E-state index contributed by atoms with van der Waals surface area (Å²) in [5.41, 5.74) is 1.57. The van der Waals surface area contributed by atoms with E-state index in [1.54, 1.807) is 14.0 Å². The second-order valence-corrected chi connectivity index (χ2v) is 6.64. The molecule has 1 N–H and O–H groups in total. The predicted octanol–water partition coefficient (Wildman–Crippen LogP) is 3.05. The lowest BCUT2D eigenvalue weighted by molar-refractivity contribution is -0.385. The number of nitro groups is 1. The highest BCUT2D eigenvalue weighted by atomic mass is 79.9. The van der Waals surface area contributed by atoms with E-state index < -0.39 is 10.8 Å². The SMILES string of the molecule is Cc1cc(C(=O)NCC(=O)N(C)Cc2ccccc2Br)ccc1[N+](=O)[O-]. The van der Waals surface area contributed by atoms with E-state index in [1.165, 1.54) is 23.1 Å². The van der Waals surface area contributed by atoms with Gasteiger partial charge < -0.3 is 10.2 Å². The van der Waals surface area contributed by atoms with E-state index in [-0.39, 0.29) is 23.7 Å². The number of amides is 2. The molecule has 136 valence electrons. The number of nitro benzene ring substituents is 1. The first-order valence-electron chi connectivity index (χ1n) is 7.80. The summed E-state index contributed by atoms with van der Waals surface area (Å²) >= 11 is 3.43. The summed E-state index contributed by atoms with van der Waals surface area (Å²) in [6, 6.07) is 11.7. The Bertz CT molecular complexity index is 854. The van der Waals surface area contributed by atoms with Gasteiger partial charge in [-0.1, -0.05) is 34.1 Å². The number of benzene rings is 2. The Kier molecular flexibility index (Phi) is 6.46. The van der Waals surface area contributed by atoms with E-state index in [0.717, 1.165) is 10.0 Å². The Morgan fingerprint density at radius 1 is 1.23 bits per heavy atom. The number of rotatable bonds is 6. The summed E-state index contributed by atoms with van der Waals surface area (Å²) < 4.78 is 0.907. The lowest BCUT2D eigenvalue weighted by Crippen LogP contribution is -2.37. The molecule has 7 nitrogen and oxygen atoms in total. The van der Waals surface area contributed by atoms with Gasteiger partial charge in [-0.3, -0.25) is 19.7 Å². The smallest absolute Gasteiger partial charge is 0.272 e. The summed E-state index contributed by atoms with van der Waals surface area (Å²) in [4.78, 5) is 36.2. The number of aryl methyl sites for hydroxylation is 1. The highest BCUT2D eigenvalue weighted by molar-refractivity contribution is 9.10. The van der Waals surface area contributed by atoms with E-state index in [4.69, 9.17) is 0 Å². The molecule has 0 fully saturated rings. The Morgan fingerprint density at radius 2 is 1.92 bits per heavy atom. The zero-order valence-corrected chi connectivity index (χ0v) is 15.9. The number of halogens is 1.